The van der Waals surface area contributed by atoms with Gasteiger partial charge in [-0.05, 0) is 57.0 Å². The van der Waals surface area contributed by atoms with Gasteiger partial charge in [0.15, 0.2) is 0 Å². The molecule has 1 heterocycles. The maximum atomic E-state index is 12.0. The van der Waals surface area contributed by atoms with Crippen molar-refractivity contribution < 1.29 is 4.79 Å². The first kappa shape index (κ1) is 15.0. The average Bonchev–Trinajstić information content (AvgIpc) is 2.43. The van der Waals surface area contributed by atoms with Gasteiger partial charge in [0.25, 0.3) is 5.91 Å². The van der Waals surface area contributed by atoms with Gasteiger partial charge in [-0.2, -0.15) is 0 Å². The molecule has 0 fully saturated rings. The number of anilines is 2. The number of hydrogen-bond acceptors (Lipinski definition) is 3. The molecule has 0 saturated carbocycles. The summed E-state index contributed by atoms with van der Waals surface area (Å²) in [5, 5.41) is 6.18. The van der Waals surface area contributed by atoms with Gasteiger partial charge < -0.3 is 10.6 Å². The van der Waals surface area contributed by atoms with Crippen molar-refractivity contribution in [2.75, 3.05) is 5.32 Å². The largest absolute Gasteiger partial charge is 0.355 e. The van der Waals surface area contributed by atoms with Crippen molar-refractivity contribution in [3.63, 3.8) is 0 Å². The summed E-state index contributed by atoms with van der Waals surface area (Å²) < 4.78 is 0. The molecule has 0 aliphatic carbocycles. The van der Waals surface area contributed by atoms with E-state index in [1.165, 1.54) is 11.1 Å². The van der Waals surface area contributed by atoms with Crippen molar-refractivity contribution >= 4 is 17.3 Å². The van der Waals surface area contributed by atoms with Gasteiger partial charge in [-0.1, -0.05) is 12.1 Å². The summed E-state index contributed by atoms with van der Waals surface area (Å²) in [5.74, 6) is -0.158. The van der Waals surface area contributed by atoms with E-state index in [-0.39, 0.29) is 11.9 Å². The van der Waals surface area contributed by atoms with E-state index in [1.807, 2.05) is 32.0 Å². The lowest BCUT2D eigenvalue weighted by molar-refractivity contribution is 0.0938. The third-order valence-electron chi connectivity index (χ3n) is 3.30. The topological polar surface area (TPSA) is 54.0 Å². The summed E-state index contributed by atoms with van der Waals surface area (Å²) in [7, 11) is 0. The van der Waals surface area contributed by atoms with Crippen LogP contribution in [-0.2, 0) is 0 Å². The van der Waals surface area contributed by atoms with Gasteiger partial charge in [-0.15, -0.1) is 0 Å². The first-order valence-electron chi connectivity index (χ1n) is 7.07. The molecule has 4 nitrogen and oxygen atoms in total. The molecule has 0 saturated heterocycles. The molecule has 21 heavy (non-hydrogen) atoms. The third kappa shape index (κ3) is 3.81. The van der Waals surface area contributed by atoms with E-state index in [4.69, 9.17) is 0 Å². The van der Waals surface area contributed by atoms with Crippen molar-refractivity contribution in [3.8, 4) is 0 Å². The molecule has 0 atom stereocenters. The summed E-state index contributed by atoms with van der Waals surface area (Å²) in [6.07, 6.45) is 1.64. The summed E-state index contributed by atoms with van der Waals surface area (Å²) >= 11 is 0. The van der Waals surface area contributed by atoms with E-state index >= 15 is 0 Å². The average molecular weight is 283 g/mol. The van der Waals surface area contributed by atoms with Crippen LogP contribution in [0.5, 0.6) is 0 Å². The molecule has 0 spiro atoms. The molecule has 1 amide bonds. The van der Waals surface area contributed by atoms with Gasteiger partial charge in [0.1, 0.15) is 5.69 Å². The summed E-state index contributed by atoms with van der Waals surface area (Å²) in [5.41, 5.74) is 4.73. The van der Waals surface area contributed by atoms with Crippen LogP contribution in [0, 0.1) is 13.8 Å². The number of aryl methyl sites for hydroxylation is 1. The van der Waals surface area contributed by atoms with E-state index in [1.54, 1.807) is 12.3 Å². The highest BCUT2D eigenvalue weighted by Gasteiger charge is 2.09. The fraction of sp³-hybridized carbons (Fsp3) is 0.294. The minimum atomic E-state index is -0.158. The van der Waals surface area contributed by atoms with Crippen LogP contribution < -0.4 is 10.6 Å². The summed E-state index contributed by atoms with van der Waals surface area (Å²) in [6.45, 7) is 8.01. The number of rotatable bonds is 4. The molecule has 110 valence electrons. The number of aromatic nitrogens is 1. The van der Waals surface area contributed by atoms with Crippen molar-refractivity contribution in [2.24, 2.45) is 0 Å². The molecule has 0 radical (unpaired) electrons. The highest BCUT2D eigenvalue weighted by Crippen LogP contribution is 2.22. The van der Waals surface area contributed by atoms with Crippen LogP contribution in [0.1, 0.15) is 35.5 Å². The van der Waals surface area contributed by atoms with Crippen LogP contribution in [0.25, 0.3) is 0 Å². The Bertz CT molecular complexity index is 650. The Morgan fingerprint density at radius 2 is 1.95 bits per heavy atom. The molecular weight excluding hydrogens is 262 g/mol. The number of carbonyl (C=O) groups is 1. The van der Waals surface area contributed by atoms with Crippen molar-refractivity contribution in [1.82, 2.24) is 10.3 Å². The number of benzene rings is 1. The molecule has 0 bridgehead atoms. The molecular formula is C17H21N3O. The second-order valence-electron chi connectivity index (χ2n) is 5.43. The number of carbonyl (C=O) groups excluding carboxylic acids is 1. The van der Waals surface area contributed by atoms with Crippen LogP contribution in [-0.4, -0.2) is 16.9 Å². The van der Waals surface area contributed by atoms with E-state index in [0.29, 0.717) is 5.69 Å². The SMILES string of the molecule is Cc1cccc(Nc2ccnc(C(=O)NC(C)C)c2)c1C. The second kappa shape index (κ2) is 6.39. The molecule has 0 unspecified atom stereocenters. The lowest BCUT2D eigenvalue weighted by atomic mass is 10.1. The molecule has 1 aromatic carbocycles. The van der Waals surface area contributed by atoms with E-state index < -0.39 is 0 Å². The Balaban J connectivity index is 2.22. The zero-order valence-corrected chi connectivity index (χ0v) is 12.9. The molecule has 2 N–H and O–H groups in total. The molecule has 4 heteroatoms. The maximum absolute atomic E-state index is 12.0. The standard InChI is InChI=1S/C17H21N3O/c1-11(2)19-17(21)16-10-14(8-9-18-16)20-15-7-5-6-12(3)13(15)4/h5-11H,1-4H3,(H,18,20)(H,19,21). The number of hydrogen-bond donors (Lipinski definition) is 2. The fourth-order valence-electron chi connectivity index (χ4n) is 2.01. The maximum Gasteiger partial charge on any atom is 0.270 e. The zero-order chi connectivity index (χ0) is 15.4. The minimum Gasteiger partial charge on any atom is -0.355 e. The number of nitrogens with zero attached hydrogens (tertiary/aromatic N) is 1. The first-order valence-corrected chi connectivity index (χ1v) is 7.07. The normalized spacial score (nSPS) is 10.5. The Morgan fingerprint density at radius 1 is 1.19 bits per heavy atom. The lowest BCUT2D eigenvalue weighted by Gasteiger charge is -2.12. The Labute approximate surface area is 125 Å². The highest BCUT2D eigenvalue weighted by molar-refractivity contribution is 5.93. The lowest BCUT2D eigenvalue weighted by Crippen LogP contribution is -2.30. The van der Waals surface area contributed by atoms with Crippen LogP contribution in [0.2, 0.25) is 0 Å². The van der Waals surface area contributed by atoms with E-state index in [2.05, 4.69) is 35.5 Å². The minimum absolute atomic E-state index is 0.0925. The molecule has 0 aliphatic heterocycles. The zero-order valence-electron chi connectivity index (χ0n) is 12.9. The number of amides is 1. The van der Waals surface area contributed by atoms with Gasteiger partial charge in [0.2, 0.25) is 0 Å². The molecule has 1 aromatic heterocycles. The second-order valence-corrected chi connectivity index (χ2v) is 5.43. The van der Waals surface area contributed by atoms with E-state index in [9.17, 15) is 4.79 Å². The van der Waals surface area contributed by atoms with Crippen LogP contribution in [0.4, 0.5) is 11.4 Å². The van der Waals surface area contributed by atoms with Crippen molar-refractivity contribution in [1.29, 1.82) is 0 Å². The smallest absolute Gasteiger partial charge is 0.270 e. The molecule has 0 aliphatic rings. The van der Waals surface area contributed by atoms with Crippen molar-refractivity contribution in [3.05, 3.63) is 53.3 Å². The predicted octanol–water partition coefficient (Wildman–Crippen LogP) is 3.58. The number of pyridine rings is 1. The van der Waals surface area contributed by atoms with Gasteiger partial charge in [0, 0.05) is 23.6 Å². The predicted molar refractivity (Wildman–Crippen MR) is 86.0 cm³/mol. The van der Waals surface area contributed by atoms with Gasteiger partial charge in [-0.3, -0.25) is 9.78 Å². The molecule has 2 aromatic rings. The van der Waals surface area contributed by atoms with Crippen LogP contribution in [0.15, 0.2) is 36.5 Å². The van der Waals surface area contributed by atoms with Gasteiger partial charge in [-0.25, -0.2) is 0 Å². The highest BCUT2D eigenvalue weighted by atomic mass is 16.1. The Morgan fingerprint density at radius 3 is 2.67 bits per heavy atom. The van der Waals surface area contributed by atoms with Crippen molar-refractivity contribution in [2.45, 2.75) is 33.7 Å². The van der Waals surface area contributed by atoms with Gasteiger partial charge >= 0.3 is 0 Å². The monoisotopic (exact) mass is 283 g/mol. The number of nitrogens with one attached hydrogen (secondary N) is 2. The quantitative estimate of drug-likeness (QED) is 0.901. The van der Waals surface area contributed by atoms with Gasteiger partial charge in [0.05, 0.1) is 0 Å². The van der Waals surface area contributed by atoms with Crippen LogP contribution in [0.3, 0.4) is 0 Å². The Kier molecular flexibility index (Phi) is 4.58. The van der Waals surface area contributed by atoms with Crippen LogP contribution >= 0.6 is 0 Å². The molecule has 2 rings (SSSR count). The third-order valence-corrected chi connectivity index (χ3v) is 3.30. The fourth-order valence-corrected chi connectivity index (χ4v) is 2.01. The summed E-state index contributed by atoms with van der Waals surface area (Å²) in [4.78, 5) is 16.1. The summed E-state index contributed by atoms with van der Waals surface area (Å²) in [6, 6.07) is 9.83. The van der Waals surface area contributed by atoms with E-state index in [0.717, 1.165) is 11.4 Å². The Hall–Kier alpha value is -2.36. The first-order chi connectivity index (χ1) is 9.97.